The molecule has 0 bridgehead atoms. The lowest BCUT2D eigenvalue weighted by Crippen LogP contribution is -2.33. The van der Waals surface area contributed by atoms with Crippen molar-refractivity contribution in [3.8, 4) is 0 Å². The van der Waals surface area contributed by atoms with Crippen LogP contribution in [-0.4, -0.2) is 13.6 Å². The predicted octanol–water partition coefficient (Wildman–Crippen LogP) is 2.61. The maximum atomic E-state index is 11.8. The van der Waals surface area contributed by atoms with E-state index < -0.39 is 13.6 Å². The highest BCUT2D eigenvalue weighted by Gasteiger charge is 2.50. The number of carbonyl (C=O) groups is 1. The third-order valence-electron chi connectivity index (χ3n) is 0.515. The molecule has 10 heavy (non-hydrogen) atoms. The molecule has 0 spiro atoms. The zero-order valence-electron chi connectivity index (χ0n) is 4.18. The summed E-state index contributed by atoms with van der Waals surface area (Å²) >= 11 is 0.720. The van der Waals surface area contributed by atoms with Crippen molar-refractivity contribution in [1.82, 2.24) is 0 Å². The molecule has 0 radical (unpaired) electrons. The minimum Gasteiger partial charge on any atom is -0.284 e. The van der Waals surface area contributed by atoms with Crippen LogP contribution in [0.15, 0.2) is 0 Å². The van der Waals surface area contributed by atoms with Crippen LogP contribution < -0.4 is 0 Å². The molecule has 7 heteroatoms. The van der Waals surface area contributed by atoms with E-state index in [2.05, 4.69) is 0 Å². The number of Topliss-reactive ketones (excluding diaryl/α,β-unsaturated/α-hetero) is 1. The lowest BCUT2D eigenvalue weighted by molar-refractivity contribution is -0.143. The van der Waals surface area contributed by atoms with Gasteiger partial charge < -0.3 is 0 Å². The van der Waals surface area contributed by atoms with Gasteiger partial charge in [0.25, 0.3) is 5.78 Å². The predicted molar refractivity (Wildman–Crippen MR) is 42.9 cm³/mol. The van der Waals surface area contributed by atoms with E-state index in [1.807, 2.05) is 0 Å². The molecule has 0 aromatic carbocycles. The molecule has 1 nitrogen and oxygen atoms in total. The molecule has 0 saturated carbocycles. The first-order chi connectivity index (χ1) is 4.15. The minimum absolute atomic E-state index is 0.360. The van der Waals surface area contributed by atoms with E-state index >= 15 is 0 Å². The minimum atomic E-state index is -3.98. The third-order valence-corrected chi connectivity index (χ3v) is 1.49. The van der Waals surface area contributed by atoms with Crippen molar-refractivity contribution < 1.29 is 22.4 Å². The quantitative estimate of drug-likeness (QED) is 0.408. The summed E-state index contributed by atoms with van der Waals surface area (Å²) in [7, 11) is 0. The van der Waals surface area contributed by atoms with Crippen LogP contribution in [0.4, 0.5) is 17.6 Å². The summed E-state index contributed by atoms with van der Waals surface area (Å²) in [4.78, 5) is 9.97. The fourth-order valence-electron chi connectivity index (χ4n) is 0.161. The van der Waals surface area contributed by atoms with Gasteiger partial charge in [0.05, 0.1) is 0 Å². The van der Waals surface area contributed by atoms with E-state index in [-0.39, 0.29) is 0 Å². The fourth-order valence-corrected chi connectivity index (χ4v) is 1.35. The van der Waals surface area contributed by atoms with Crippen molar-refractivity contribution in [2.24, 2.45) is 0 Å². The van der Waals surface area contributed by atoms with Gasteiger partial charge in [-0.25, -0.2) is 0 Å². The number of alkyl halides is 6. The van der Waals surface area contributed by atoms with Crippen LogP contribution in [-0.2, 0) is 4.79 Å². The van der Waals surface area contributed by atoms with Crippen LogP contribution in [0.2, 0.25) is 0 Å². The van der Waals surface area contributed by atoms with Crippen LogP contribution in [0.5, 0.6) is 0 Å². The van der Waals surface area contributed by atoms with E-state index in [0.717, 1.165) is 0 Å². The summed E-state index contributed by atoms with van der Waals surface area (Å²) in [5.41, 5.74) is 0. The molecule has 60 valence electrons. The Labute approximate surface area is 80.8 Å². The van der Waals surface area contributed by atoms with Gasteiger partial charge in [0, 0.05) is 45.2 Å². The summed E-state index contributed by atoms with van der Waals surface area (Å²) in [6, 6.07) is 0. The summed E-state index contributed by atoms with van der Waals surface area (Å²) in [6.45, 7) is 0. The maximum Gasteiger partial charge on any atom is 0.360 e. The molecule has 0 saturated heterocycles. The van der Waals surface area contributed by atoms with Crippen molar-refractivity contribution in [2.75, 3.05) is 0 Å². The second kappa shape index (κ2) is 3.07. The summed E-state index contributed by atoms with van der Waals surface area (Å²) < 4.78 is 39.1. The average Bonchev–Trinajstić information content (AvgIpc) is 1.59. The largest absolute Gasteiger partial charge is 0.360 e. The van der Waals surface area contributed by atoms with Crippen LogP contribution >= 0.6 is 45.2 Å². The highest BCUT2D eigenvalue weighted by atomic mass is 127. The molecular formula is C3F4I2O. The van der Waals surface area contributed by atoms with Gasteiger partial charge in [0.2, 0.25) is 0 Å². The smallest absolute Gasteiger partial charge is 0.284 e. The van der Waals surface area contributed by atoms with Crippen molar-refractivity contribution in [1.29, 1.82) is 0 Å². The standard InChI is InChI=1S/C3F4I2O/c4-2(5,8)1(10)3(6,7)9. The van der Waals surface area contributed by atoms with Crippen molar-refractivity contribution >= 4 is 51.0 Å². The molecule has 0 aliphatic heterocycles. The molecule has 0 amide bonds. The molecular weight excluding hydrogens is 382 g/mol. The van der Waals surface area contributed by atoms with Crippen LogP contribution in [0.1, 0.15) is 0 Å². The monoisotopic (exact) mass is 382 g/mol. The van der Waals surface area contributed by atoms with Gasteiger partial charge in [-0.15, -0.1) is 0 Å². The number of carbonyl (C=O) groups excluding carboxylic acids is 1. The van der Waals surface area contributed by atoms with Crippen LogP contribution in [0.25, 0.3) is 0 Å². The highest BCUT2D eigenvalue weighted by molar-refractivity contribution is 14.1. The second-order valence-electron chi connectivity index (χ2n) is 1.32. The molecule has 0 aromatic heterocycles. The SMILES string of the molecule is O=C(C(F)(F)I)C(F)(F)I. The Hall–Kier alpha value is 0.850. The van der Waals surface area contributed by atoms with E-state index in [1.165, 1.54) is 0 Å². The Bertz CT molecular complexity index is 130. The van der Waals surface area contributed by atoms with Gasteiger partial charge in [0.15, 0.2) is 0 Å². The molecule has 0 aliphatic rings. The summed E-state index contributed by atoms with van der Waals surface area (Å²) in [5, 5.41) is 0. The van der Waals surface area contributed by atoms with E-state index in [4.69, 9.17) is 0 Å². The van der Waals surface area contributed by atoms with Crippen molar-refractivity contribution in [2.45, 2.75) is 7.86 Å². The van der Waals surface area contributed by atoms with E-state index in [1.54, 1.807) is 0 Å². The van der Waals surface area contributed by atoms with Gasteiger partial charge in [-0.2, -0.15) is 17.6 Å². The number of ketones is 1. The Balaban J connectivity index is 4.40. The van der Waals surface area contributed by atoms with Crippen molar-refractivity contribution in [3.63, 3.8) is 0 Å². The van der Waals surface area contributed by atoms with Gasteiger partial charge in [-0.1, -0.05) is 0 Å². The Morgan fingerprint density at radius 1 is 1.00 bits per heavy atom. The zero-order chi connectivity index (χ0) is 8.58. The molecule has 0 fully saturated rings. The van der Waals surface area contributed by atoms with E-state index in [9.17, 15) is 22.4 Å². The molecule has 0 aliphatic carbocycles. The summed E-state index contributed by atoms with van der Waals surface area (Å²) in [6.07, 6.45) is 0. The number of hydrogen-bond acceptors (Lipinski definition) is 1. The fraction of sp³-hybridized carbons (Fsp3) is 0.667. The first-order valence-electron chi connectivity index (χ1n) is 1.84. The topological polar surface area (TPSA) is 17.1 Å². The average molecular weight is 382 g/mol. The van der Waals surface area contributed by atoms with Gasteiger partial charge in [-0.3, -0.25) is 4.79 Å². The molecule has 0 N–H and O–H groups in total. The summed E-state index contributed by atoms with van der Waals surface area (Å²) in [5.74, 6) is -2.37. The number of halogens is 6. The molecule has 0 heterocycles. The Morgan fingerprint density at radius 2 is 1.20 bits per heavy atom. The van der Waals surface area contributed by atoms with Gasteiger partial charge >= 0.3 is 7.86 Å². The lowest BCUT2D eigenvalue weighted by atomic mass is 10.4. The maximum absolute atomic E-state index is 11.8. The first-order valence-corrected chi connectivity index (χ1v) is 4.00. The molecule has 0 rings (SSSR count). The second-order valence-corrected chi connectivity index (χ2v) is 4.03. The highest BCUT2D eigenvalue weighted by Crippen LogP contribution is 2.35. The number of rotatable bonds is 2. The van der Waals surface area contributed by atoms with Crippen LogP contribution in [0, 0.1) is 0 Å². The molecule has 0 atom stereocenters. The Kier molecular flexibility index (Phi) is 3.33. The van der Waals surface area contributed by atoms with Crippen molar-refractivity contribution in [3.05, 3.63) is 0 Å². The first kappa shape index (κ1) is 10.8. The van der Waals surface area contributed by atoms with Gasteiger partial charge in [-0.05, 0) is 0 Å². The zero-order valence-corrected chi connectivity index (χ0v) is 8.49. The lowest BCUT2D eigenvalue weighted by Gasteiger charge is -2.10. The molecule has 0 unspecified atom stereocenters. The van der Waals surface area contributed by atoms with Crippen LogP contribution in [0.3, 0.4) is 0 Å². The normalized spacial score (nSPS) is 13.4. The molecule has 0 aromatic rings. The van der Waals surface area contributed by atoms with Gasteiger partial charge in [0.1, 0.15) is 0 Å². The number of hydrogen-bond donors (Lipinski definition) is 0. The Morgan fingerprint density at radius 3 is 1.20 bits per heavy atom. The third kappa shape index (κ3) is 3.30. The van der Waals surface area contributed by atoms with E-state index in [0.29, 0.717) is 45.2 Å².